The molecule has 1 aliphatic rings. The zero-order valence-corrected chi connectivity index (χ0v) is 22.1. The van der Waals surface area contributed by atoms with E-state index in [1.807, 2.05) is 25.1 Å². The second-order valence-electron chi connectivity index (χ2n) is 8.23. The third-order valence-corrected chi connectivity index (χ3v) is 6.47. The molecule has 5 amide bonds. The summed E-state index contributed by atoms with van der Waals surface area (Å²) in [6.45, 7) is 3.36. The van der Waals surface area contributed by atoms with Crippen molar-refractivity contribution in [3.05, 3.63) is 92.4 Å². The second-order valence-corrected chi connectivity index (χ2v) is 9.55. The topological polar surface area (TPSA) is 105 Å². The van der Waals surface area contributed by atoms with Gasteiger partial charge in [0, 0.05) is 20.7 Å². The van der Waals surface area contributed by atoms with E-state index in [1.54, 1.807) is 43.3 Å². The number of anilines is 2. The number of nitrogens with one attached hydrogen (secondary N) is 2. The van der Waals surface area contributed by atoms with E-state index >= 15 is 0 Å². The first-order valence-electron chi connectivity index (χ1n) is 11.1. The molecule has 188 valence electrons. The fourth-order valence-corrected chi connectivity index (χ4v) is 4.13. The van der Waals surface area contributed by atoms with Crippen LogP contribution in [0.1, 0.15) is 16.7 Å². The number of imide groups is 2. The number of benzene rings is 3. The number of hydrogen-bond acceptors (Lipinski definition) is 5. The van der Waals surface area contributed by atoms with E-state index < -0.39 is 17.8 Å². The molecule has 3 aromatic carbocycles. The smallest absolute Gasteiger partial charge is 0.335 e. The van der Waals surface area contributed by atoms with Gasteiger partial charge >= 0.3 is 6.03 Å². The first-order valence-corrected chi connectivity index (χ1v) is 12.3. The highest BCUT2D eigenvalue weighted by Crippen LogP contribution is 2.29. The van der Waals surface area contributed by atoms with Crippen LogP contribution in [0.2, 0.25) is 5.02 Å². The van der Waals surface area contributed by atoms with Crippen LogP contribution in [-0.4, -0.2) is 30.4 Å². The number of urea groups is 1. The molecular weight excluding hydrogens is 562 g/mol. The normalized spacial score (nSPS) is 14.5. The summed E-state index contributed by atoms with van der Waals surface area (Å²) < 4.78 is 6.37. The largest absolute Gasteiger partial charge is 0.483 e. The van der Waals surface area contributed by atoms with Gasteiger partial charge in [0.1, 0.15) is 11.3 Å². The van der Waals surface area contributed by atoms with Gasteiger partial charge in [-0.15, -0.1) is 0 Å². The number of amides is 5. The van der Waals surface area contributed by atoms with E-state index in [-0.39, 0.29) is 29.5 Å². The van der Waals surface area contributed by atoms with Gasteiger partial charge in [0.05, 0.1) is 5.69 Å². The molecule has 0 radical (unpaired) electrons. The lowest BCUT2D eigenvalue weighted by Crippen LogP contribution is -2.54. The molecule has 3 aromatic rings. The molecule has 1 aliphatic heterocycles. The molecule has 0 saturated carbocycles. The molecule has 10 heteroatoms. The van der Waals surface area contributed by atoms with Crippen LogP contribution >= 0.6 is 27.5 Å². The molecule has 0 aromatic heterocycles. The summed E-state index contributed by atoms with van der Waals surface area (Å²) in [5.74, 6) is -1.79. The van der Waals surface area contributed by atoms with E-state index in [0.717, 1.165) is 16.0 Å². The minimum Gasteiger partial charge on any atom is -0.483 e. The van der Waals surface area contributed by atoms with Gasteiger partial charge in [-0.2, -0.15) is 0 Å². The molecule has 0 aliphatic carbocycles. The molecular formula is C27H21BrClN3O5. The SMILES string of the molecule is Cc1ccc(N2C(=O)NC(=O)/C(=C\c3cc(Br)ccc3OCC(=O)Nc3ccccc3C)C2=O)cc1Cl. The molecule has 1 heterocycles. The summed E-state index contributed by atoms with van der Waals surface area (Å²) in [6.07, 6.45) is 1.31. The molecule has 37 heavy (non-hydrogen) atoms. The van der Waals surface area contributed by atoms with Crippen LogP contribution in [0.4, 0.5) is 16.2 Å². The number of rotatable bonds is 6. The number of nitrogens with zero attached hydrogens (tertiary/aromatic N) is 1. The lowest BCUT2D eigenvalue weighted by Gasteiger charge is -2.26. The number of para-hydroxylation sites is 1. The molecule has 1 saturated heterocycles. The Hall–Kier alpha value is -3.95. The number of carbonyl (C=O) groups is 4. The van der Waals surface area contributed by atoms with Gasteiger partial charge in [0.15, 0.2) is 6.61 Å². The summed E-state index contributed by atoms with van der Waals surface area (Å²) in [5.41, 5.74) is 2.62. The van der Waals surface area contributed by atoms with Crippen LogP contribution < -0.4 is 20.3 Å². The van der Waals surface area contributed by atoms with Crippen molar-refractivity contribution in [2.75, 3.05) is 16.8 Å². The number of ether oxygens (including phenoxy) is 1. The zero-order chi connectivity index (χ0) is 26.7. The van der Waals surface area contributed by atoms with Crippen molar-refractivity contribution < 1.29 is 23.9 Å². The van der Waals surface area contributed by atoms with Crippen LogP contribution in [0.3, 0.4) is 0 Å². The lowest BCUT2D eigenvalue weighted by atomic mass is 10.1. The summed E-state index contributed by atoms with van der Waals surface area (Å²) >= 11 is 9.54. The summed E-state index contributed by atoms with van der Waals surface area (Å²) in [6, 6.07) is 16.1. The Bertz CT molecular complexity index is 1470. The van der Waals surface area contributed by atoms with Crippen molar-refractivity contribution in [2.24, 2.45) is 0 Å². The number of halogens is 2. The van der Waals surface area contributed by atoms with Crippen LogP contribution in [-0.2, 0) is 14.4 Å². The van der Waals surface area contributed by atoms with Crippen LogP contribution in [0.5, 0.6) is 5.75 Å². The van der Waals surface area contributed by atoms with Crippen molar-refractivity contribution in [3.8, 4) is 5.75 Å². The van der Waals surface area contributed by atoms with Gasteiger partial charge in [-0.25, -0.2) is 9.69 Å². The van der Waals surface area contributed by atoms with Crippen molar-refractivity contribution in [1.82, 2.24) is 5.32 Å². The number of hydrogen-bond donors (Lipinski definition) is 2. The average Bonchev–Trinajstić information content (AvgIpc) is 2.84. The monoisotopic (exact) mass is 581 g/mol. The van der Waals surface area contributed by atoms with Crippen LogP contribution in [0, 0.1) is 13.8 Å². The Morgan fingerprint density at radius 3 is 2.54 bits per heavy atom. The maximum atomic E-state index is 13.3. The summed E-state index contributed by atoms with van der Waals surface area (Å²) in [5, 5.41) is 5.33. The minimum atomic E-state index is -0.884. The van der Waals surface area contributed by atoms with E-state index in [0.29, 0.717) is 20.7 Å². The van der Waals surface area contributed by atoms with Gasteiger partial charge in [-0.3, -0.25) is 19.7 Å². The maximum absolute atomic E-state index is 13.3. The standard InChI is InChI=1S/C27H21BrClN3O5/c1-15-7-9-19(13-21(15)29)32-26(35)20(25(34)31-27(32)36)12-17-11-18(28)8-10-23(17)37-14-24(33)30-22-6-4-3-5-16(22)2/h3-13H,14H2,1-2H3,(H,30,33)(H,31,34,36)/b20-12+. The quantitative estimate of drug-likeness (QED) is 0.299. The van der Waals surface area contributed by atoms with E-state index in [9.17, 15) is 19.2 Å². The fraction of sp³-hybridized carbons (Fsp3) is 0.111. The molecule has 8 nitrogen and oxygen atoms in total. The van der Waals surface area contributed by atoms with Crippen LogP contribution in [0.25, 0.3) is 6.08 Å². The van der Waals surface area contributed by atoms with Gasteiger partial charge in [-0.1, -0.05) is 51.8 Å². The average molecular weight is 583 g/mol. The Morgan fingerprint density at radius 2 is 1.81 bits per heavy atom. The lowest BCUT2D eigenvalue weighted by molar-refractivity contribution is -0.122. The minimum absolute atomic E-state index is 0.218. The molecule has 0 atom stereocenters. The first kappa shape index (κ1) is 26.1. The number of aryl methyl sites for hydroxylation is 2. The highest BCUT2D eigenvalue weighted by atomic mass is 79.9. The van der Waals surface area contributed by atoms with Crippen molar-refractivity contribution in [3.63, 3.8) is 0 Å². The third-order valence-electron chi connectivity index (χ3n) is 5.56. The first-order chi connectivity index (χ1) is 17.6. The Morgan fingerprint density at radius 1 is 1.05 bits per heavy atom. The molecule has 1 fully saturated rings. The number of barbiturate groups is 1. The number of carbonyl (C=O) groups excluding carboxylic acids is 4. The summed E-state index contributed by atoms with van der Waals surface area (Å²) in [4.78, 5) is 51.7. The third kappa shape index (κ3) is 5.90. The van der Waals surface area contributed by atoms with Gasteiger partial charge in [-0.05, 0) is 67.4 Å². The summed E-state index contributed by atoms with van der Waals surface area (Å²) in [7, 11) is 0. The molecule has 0 spiro atoms. The Balaban J connectivity index is 1.60. The molecule has 0 unspecified atom stereocenters. The van der Waals surface area contributed by atoms with Crippen molar-refractivity contribution in [2.45, 2.75) is 13.8 Å². The van der Waals surface area contributed by atoms with Gasteiger partial charge in [0.25, 0.3) is 17.7 Å². The van der Waals surface area contributed by atoms with Crippen molar-refractivity contribution >= 4 is 68.7 Å². The molecule has 2 N–H and O–H groups in total. The van der Waals surface area contributed by atoms with E-state index in [2.05, 4.69) is 26.6 Å². The second kappa shape index (κ2) is 11.0. The Labute approximate surface area is 226 Å². The van der Waals surface area contributed by atoms with Crippen LogP contribution in [0.15, 0.2) is 70.7 Å². The predicted octanol–water partition coefficient (Wildman–Crippen LogP) is 5.40. The highest BCUT2D eigenvalue weighted by Gasteiger charge is 2.37. The fourth-order valence-electron chi connectivity index (χ4n) is 3.57. The highest BCUT2D eigenvalue weighted by molar-refractivity contribution is 9.10. The maximum Gasteiger partial charge on any atom is 0.335 e. The zero-order valence-electron chi connectivity index (χ0n) is 19.8. The predicted molar refractivity (Wildman–Crippen MR) is 145 cm³/mol. The molecule has 0 bridgehead atoms. The van der Waals surface area contributed by atoms with Gasteiger partial charge < -0.3 is 10.1 Å². The molecule has 4 rings (SSSR count). The van der Waals surface area contributed by atoms with Crippen molar-refractivity contribution in [1.29, 1.82) is 0 Å². The van der Waals surface area contributed by atoms with Gasteiger partial charge in [0.2, 0.25) is 0 Å². The Kier molecular flexibility index (Phi) is 7.75. The van der Waals surface area contributed by atoms with E-state index in [1.165, 1.54) is 12.1 Å². The van der Waals surface area contributed by atoms with E-state index in [4.69, 9.17) is 16.3 Å².